The molecule has 1 rings (SSSR count). The highest BCUT2D eigenvalue weighted by Crippen LogP contribution is 2.25. The predicted octanol–water partition coefficient (Wildman–Crippen LogP) is 0.440. The minimum Gasteiger partial charge on any atom is -0.481 e. The lowest BCUT2D eigenvalue weighted by molar-refractivity contribution is -0.140. The van der Waals surface area contributed by atoms with Crippen molar-refractivity contribution in [2.75, 3.05) is 0 Å². The van der Waals surface area contributed by atoms with Crippen molar-refractivity contribution < 1.29 is 14.7 Å². The van der Waals surface area contributed by atoms with Gasteiger partial charge in [-0.1, -0.05) is 0 Å². The van der Waals surface area contributed by atoms with Gasteiger partial charge >= 0.3 is 5.97 Å². The van der Waals surface area contributed by atoms with Crippen molar-refractivity contribution in [3.8, 4) is 0 Å². The van der Waals surface area contributed by atoms with Gasteiger partial charge in [0.2, 0.25) is 0 Å². The lowest BCUT2D eigenvalue weighted by Gasteiger charge is -2.21. The molecule has 0 aromatic carbocycles. The fourth-order valence-electron chi connectivity index (χ4n) is 0.975. The first-order valence-electron chi connectivity index (χ1n) is 2.92. The topological polar surface area (TPSA) is 54.4 Å². The normalized spacial score (nSPS) is 19.3. The molecule has 1 fully saturated rings. The first kappa shape index (κ1) is 6.26. The lowest BCUT2D eigenvalue weighted by Crippen LogP contribution is -2.25. The first-order chi connectivity index (χ1) is 4.18. The van der Waals surface area contributed by atoms with Crippen LogP contribution in [0.15, 0.2) is 0 Å². The summed E-state index contributed by atoms with van der Waals surface area (Å²) in [5.74, 6) is -0.469. The van der Waals surface area contributed by atoms with E-state index in [0.717, 1.165) is 0 Å². The highest BCUT2D eigenvalue weighted by atomic mass is 16.4. The second kappa shape index (κ2) is 2.17. The fraction of sp³-hybridized carbons (Fsp3) is 0.667. The highest BCUT2D eigenvalue weighted by Gasteiger charge is 2.27. The van der Waals surface area contributed by atoms with Crippen LogP contribution in [0.3, 0.4) is 0 Å². The standard InChI is InChI=1S/C6H8O3/c7-5-1-4(2-5)3-6(8)9/h4H,1-3H2,(H,8,9). The van der Waals surface area contributed by atoms with Gasteiger partial charge in [0.15, 0.2) is 0 Å². The number of carbonyl (C=O) groups is 2. The van der Waals surface area contributed by atoms with Crippen molar-refractivity contribution in [3.63, 3.8) is 0 Å². The molecular formula is C6H8O3. The molecule has 0 unspecified atom stereocenters. The summed E-state index contributed by atoms with van der Waals surface area (Å²) in [6.07, 6.45) is 1.12. The molecule has 0 amide bonds. The minimum atomic E-state index is -0.799. The molecule has 0 spiro atoms. The van der Waals surface area contributed by atoms with Crippen molar-refractivity contribution in [3.05, 3.63) is 0 Å². The van der Waals surface area contributed by atoms with E-state index in [2.05, 4.69) is 0 Å². The second-order valence-corrected chi connectivity index (χ2v) is 2.41. The summed E-state index contributed by atoms with van der Waals surface area (Å²) in [7, 11) is 0. The number of carbonyl (C=O) groups excluding carboxylic acids is 1. The van der Waals surface area contributed by atoms with Crippen LogP contribution in [0.25, 0.3) is 0 Å². The maximum Gasteiger partial charge on any atom is 0.303 e. The van der Waals surface area contributed by atoms with Crippen LogP contribution < -0.4 is 0 Å². The van der Waals surface area contributed by atoms with Gasteiger partial charge in [-0.25, -0.2) is 0 Å². The number of ketones is 1. The zero-order chi connectivity index (χ0) is 6.85. The molecule has 9 heavy (non-hydrogen) atoms. The number of rotatable bonds is 2. The molecular weight excluding hydrogens is 120 g/mol. The molecule has 3 heteroatoms. The molecule has 0 aromatic heterocycles. The van der Waals surface area contributed by atoms with Crippen LogP contribution in [-0.4, -0.2) is 16.9 Å². The van der Waals surface area contributed by atoms with Crippen LogP contribution in [-0.2, 0) is 9.59 Å². The van der Waals surface area contributed by atoms with Gasteiger partial charge in [0, 0.05) is 19.3 Å². The summed E-state index contributed by atoms with van der Waals surface area (Å²) in [4.78, 5) is 20.3. The Labute approximate surface area is 52.7 Å². The monoisotopic (exact) mass is 128 g/mol. The van der Waals surface area contributed by atoms with E-state index < -0.39 is 5.97 Å². The van der Waals surface area contributed by atoms with Crippen molar-refractivity contribution in [1.29, 1.82) is 0 Å². The first-order valence-corrected chi connectivity index (χ1v) is 2.92. The maximum atomic E-state index is 10.3. The molecule has 50 valence electrons. The summed E-state index contributed by atoms with van der Waals surface area (Å²) in [6.45, 7) is 0. The molecule has 1 aliphatic carbocycles. The van der Waals surface area contributed by atoms with Crippen LogP contribution in [0.5, 0.6) is 0 Å². The third-order valence-electron chi connectivity index (χ3n) is 1.50. The molecule has 0 heterocycles. The van der Waals surface area contributed by atoms with Gasteiger partial charge in [-0.15, -0.1) is 0 Å². The van der Waals surface area contributed by atoms with Crippen LogP contribution in [0, 0.1) is 5.92 Å². The zero-order valence-electron chi connectivity index (χ0n) is 4.96. The quantitative estimate of drug-likeness (QED) is 0.587. The third kappa shape index (κ3) is 1.52. The SMILES string of the molecule is O=C(O)CC1CC(=O)C1. The Morgan fingerprint density at radius 1 is 1.67 bits per heavy atom. The van der Waals surface area contributed by atoms with Gasteiger partial charge in [-0.3, -0.25) is 9.59 Å². The van der Waals surface area contributed by atoms with Crippen molar-refractivity contribution in [2.45, 2.75) is 19.3 Å². The molecule has 0 atom stereocenters. The smallest absolute Gasteiger partial charge is 0.303 e. The van der Waals surface area contributed by atoms with Crippen molar-refractivity contribution in [2.24, 2.45) is 5.92 Å². The molecule has 0 saturated heterocycles. The van der Waals surface area contributed by atoms with Gasteiger partial charge in [-0.05, 0) is 5.92 Å². The summed E-state index contributed by atoms with van der Waals surface area (Å²) in [6, 6.07) is 0. The Bertz CT molecular complexity index is 142. The molecule has 1 aliphatic rings. The van der Waals surface area contributed by atoms with Crippen LogP contribution in [0.4, 0.5) is 0 Å². The Hall–Kier alpha value is -0.860. The zero-order valence-corrected chi connectivity index (χ0v) is 4.96. The van der Waals surface area contributed by atoms with Gasteiger partial charge < -0.3 is 5.11 Å². The Morgan fingerprint density at radius 3 is 2.56 bits per heavy atom. The van der Waals surface area contributed by atoms with Crippen molar-refractivity contribution in [1.82, 2.24) is 0 Å². The fourth-order valence-corrected chi connectivity index (χ4v) is 0.975. The van der Waals surface area contributed by atoms with Crippen molar-refractivity contribution >= 4 is 11.8 Å². The van der Waals surface area contributed by atoms with Crippen LogP contribution in [0.2, 0.25) is 0 Å². The molecule has 1 saturated carbocycles. The maximum absolute atomic E-state index is 10.3. The predicted molar refractivity (Wildman–Crippen MR) is 30.0 cm³/mol. The summed E-state index contributed by atoms with van der Waals surface area (Å²) >= 11 is 0. The Morgan fingerprint density at radius 2 is 2.22 bits per heavy atom. The number of carboxylic acid groups (broad SMARTS) is 1. The summed E-state index contributed by atoms with van der Waals surface area (Å²) in [5, 5.41) is 8.22. The number of carboxylic acids is 1. The molecule has 0 bridgehead atoms. The number of aliphatic carboxylic acids is 1. The number of hydrogen-bond donors (Lipinski definition) is 1. The van der Waals surface area contributed by atoms with E-state index >= 15 is 0 Å². The third-order valence-corrected chi connectivity index (χ3v) is 1.50. The Kier molecular flexibility index (Phi) is 1.51. The van der Waals surface area contributed by atoms with Gasteiger partial charge in [0.25, 0.3) is 0 Å². The van der Waals surface area contributed by atoms with E-state index in [0.29, 0.717) is 12.8 Å². The van der Waals surface area contributed by atoms with E-state index in [9.17, 15) is 9.59 Å². The molecule has 0 aromatic rings. The summed E-state index contributed by atoms with van der Waals surface area (Å²) < 4.78 is 0. The van der Waals surface area contributed by atoms with E-state index in [1.165, 1.54) is 0 Å². The van der Waals surface area contributed by atoms with E-state index in [-0.39, 0.29) is 18.1 Å². The molecule has 3 nitrogen and oxygen atoms in total. The van der Waals surface area contributed by atoms with E-state index in [1.807, 2.05) is 0 Å². The average Bonchev–Trinajstić information content (AvgIpc) is 1.60. The Balaban J connectivity index is 2.18. The van der Waals surface area contributed by atoms with E-state index in [1.54, 1.807) is 0 Å². The number of Topliss-reactive ketones (excluding diaryl/α,β-unsaturated/α-hetero) is 1. The largest absolute Gasteiger partial charge is 0.481 e. The van der Waals surface area contributed by atoms with Crippen LogP contribution in [0.1, 0.15) is 19.3 Å². The lowest BCUT2D eigenvalue weighted by atomic mass is 9.82. The van der Waals surface area contributed by atoms with E-state index in [4.69, 9.17) is 5.11 Å². The molecule has 0 radical (unpaired) electrons. The molecule has 0 aliphatic heterocycles. The van der Waals surface area contributed by atoms with Crippen LogP contribution >= 0.6 is 0 Å². The van der Waals surface area contributed by atoms with Gasteiger partial charge in [-0.2, -0.15) is 0 Å². The second-order valence-electron chi connectivity index (χ2n) is 2.41. The van der Waals surface area contributed by atoms with Gasteiger partial charge in [0.1, 0.15) is 5.78 Å². The average molecular weight is 128 g/mol. The minimum absolute atomic E-state index is 0.134. The number of hydrogen-bond acceptors (Lipinski definition) is 2. The van der Waals surface area contributed by atoms with Gasteiger partial charge in [0.05, 0.1) is 0 Å². The summed E-state index contributed by atoms with van der Waals surface area (Å²) in [5.41, 5.74) is 0. The highest BCUT2D eigenvalue weighted by molar-refractivity contribution is 5.86. The molecule has 1 N–H and O–H groups in total.